The van der Waals surface area contributed by atoms with Crippen molar-refractivity contribution in [2.75, 3.05) is 0 Å². The van der Waals surface area contributed by atoms with Gasteiger partial charge in [0.2, 0.25) is 0 Å². The van der Waals surface area contributed by atoms with Crippen LogP contribution >= 0.6 is 0 Å². The maximum absolute atomic E-state index is 8.74. The van der Waals surface area contributed by atoms with Crippen molar-refractivity contribution in [2.24, 2.45) is 0 Å². The van der Waals surface area contributed by atoms with E-state index in [1.54, 1.807) is 0 Å². The summed E-state index contributed by atoms with van der Waals surface area (Å²) in [6, 6.07) is 0. The molecule has 0 saturated carbocycles. The molecule has 0 aromatic rings. The predicted octanol–water partition coefficient (Wildman–Crippen LogP) is -6.34. The standard InChI is InChI=1S/Al.2Ca.3H2O3Si.7H/c;;;3*1-4(2)3;;;;;;;/h;;;3*1-2H;;;;;;;/q;2*+2;;;;;;;4*-1. The molecule has 0 aromatic carbocycles. The maximum Gasteiger partial charge on any atom is 2.00 e. The van der Waals surface area contributed by atoms with Crippen LogP contribution in [0.5, 0.6) is 0 Å². The van der Waals surface area contributed by atoms with Gasteiger partial charge in [-0.05, 0) is 0 Å². The molecule has 0 aliphatic heterocycles. The third-order valence-corrected chi connectivity index (χ3v) is 0. The Balaban J connectivity index is -0.00000000675. The van der Waals surface area contributed by atoms with Crippen molar-refractivity contribution in [3.8, 4) is 0 Å². The average Bonchev–Trinajstić information content (AvgIpc) is 1.54. The van der Waals surface area contributed by atoms with Crippen molar-refractivity contribution in [1.29, 1.82) is 0 Å². The Morgan fingerprint density at radius 3 is 0.600 bits per heavy atom. The molecule has 0 fully saturated rings. The second-order valence-corrected chi connectivity index (χ2v) is 2.54. The largest absolute Gasteiger partial charge is 2.00 e. The Kier molecular flexibility index (Phi) is 71.2. The first-order chi connectivity index (χ1) is 5.20. The van der Waals surface area contributed by atoms with Gasteiger partial charge >= 0.3 is 103 Å². The van der Waals surface area contributed by atoms with Crippen molar-refractivity contribution in [1.82, 2.24) is 0 Å². The summed E-state index contributed by atoms with van der Waals surface area (Å²) in [5.41, 5.74) is 0. The minimum Gasteiger partial charge on any atom is -1.00 e. The normalized spacial score (nSPS) is 4.80. The average molecular weight is 348 g/mol. The summed E-state index contributed by atoms with van der Waals surface area (Å²) in [4.78, 5) is 42.9. The molecule has 15 heavy (non-hydrogen) atoms. The van der Waals surface area contributed by atoms with Gasteiger partial charge in [0, 0.05) is 0 Å². The van der Waals surface area contributed by atoms with Crippen LogP contribution in [0.2, 0.25) is 0 Å². The molecule has 0 aliphatic carbocycles. The van der Waals surface area contributed by atoms with Crippen molar-refractivity contribution in [2.45, 2.75) is 0 Å². The third kappa shape index (κ3) is 849. The zero-order valence-corrected chi connectivity index (χ0v) is 14.2. The first-order valence-corrected chi connectivity index (χ1v) is 5.86. The fourth-order valence-electron chi connectivity index (χ4n) is 0. The monoisotopic (exact) mass is 348 g/mol. The van der Waals surface area contributed by atoms with E-state index in [4.69, 9.17) is 42.2 Å². The summed E-state index contributed by atoms with van der Waals surface area (Å²) < 4.78 is 26.2. The van der Waals surface area contributed by atoms with E-state index in [1.165, 1.54) is 0 Å². The molecule has 0 unspecified atom stereocenters. The summed E-state index contributed by atoms with van der Waals surface area (Å²) in [6.07, 6.45) is 0. The van der Waals surface area contributed by atoms with Crippen LogP contribution in [-0.2, 0) is 13.4 Å². The first-order valence-electron chi connectivity index (χ1n) is 1.95. The second kappa shape index (κ2) is 29.7. The Labute approximate surface area is 166 Å². The predicted molar refractivity (Wildman–Crippen MR) is 58.5 cm³/mol. The van der Waals surface area contributed by atoms with E-state index in [0.29, 0.717) is 0 Å². The number of hydrogen-bond acceptors (Lipinski definition) is 3. The molecule has 0 radical (unpaired) electrons. The SMILES string of the molecule is O=[Si](O)O.O=[Si](O)O.O=[Si](O)O.[AlH3].[Ca+2].[Ca+2].[H-].[H-].[H-].[H-]. The van der Waals surface area contributed by atoms with Crippen molar-refractivity contribution in [3.63, 3.8) is 0 Å². The molecule has 0 rings (SSSR count). The van der Waals surface area contributed by atoms with Gasteiger partial charge in [0.15, 0.2) is 17.4 Å². The maximum atomic E-state index is 8.74. The van der Waals surface area contributed by atoms with Crippen LogP contribution in [0.1, 0.15) is 5.71 Å². The van der Waals surface area contributed by atoms with Gasteiger partial charge in [0.25, 0.3) is 0 Å². The molecular weight excluding hydrogens is 335 g/mol. The quantitative estimate of drug-likeness (QED) is 0.233. The smallest absolute Gasteiger partial charge is 1.00 e. The minimum atomic E-state index is -3.13. The van der Waals surface area contributed by atoms with Crippen molar-refractivity contribution in [3.05, 3.63) is 0 Å². The van der Waals surface area contributed by atoms with Crippen LogP contribution in [0.15, 0.2) is 0 Å². The van der Waals surface area contributed by atoms with Gasteiger partial charge in [-0.3, -0.25) is 13.4 Å². The molecule has 0 aliphatic rings. The van der Waals surface area contributed by atoms with E-state index in [0.717, 1.165) is 0 Å². The Morgan fingerprint density at radius 1 is 0.600 bits per heavy atom. The van der Waals surface area contributed by atoms with Gasteiger partial charge in [0.05, 0.1) is 0 Å². The van der Waals surface area contributed by atoms with Crippen LogP contribution in [0.25, 0.3) is 0 Å². The van der Waals surface area contributed by atoms with Crippen molar-refractivity contribution >= 4 is 120 Å². The van der Waals surface area contributed by atoms with Crippen LogP contribution in [0, 0.1) is 0 Å². The fraction of sp³-hybridized carbons (Fsp3) is 0. The fourth-order valence-corrected chi connectivity index (χ4v) is 0. The molecule has 0 heterocycles. The van der Waals surface area contributed by atoms with Crippen LogP contribution in [-0.4, -0.2) is 149 Å². The summed E-state index contributed by atoms with van der Waals surface area (Å²) in [5.74, 6) is 0. The summed E-state index contributed by atoms with van der Waals surface area (Å²) in [6.45, 7) is 0. The molecule has 0 bridgehead atoms. The van der Waals surface area contributed by atoms with Crippen LogP contribution in [0.4, 0.5) is 0 Å². The van der Waals surface area contributed by atoms with E-state index >= 15 is 0 Å². The zero-order chi connectivity index (χ0) is 10.7. The molecule has 0 spiro atoms. The van der Waals surface area contributed by atoms with Crippen LogP contribution in [0.3, 0.4) is 0 Å². The van der Waals surface area contributed by atoms with Gasteiger partial charge in [-0.2, -0.15) is 0 Å². The zero-order valence-electron chi connectivity index (χ0n) is 10.8. The van der Waals surface area contributed by atoms with E-state index < -0.39 is 27.5 Å². The van der Waals surface area contributed by atoms with Gasteiger partial charge in [-0.25, -0.2) is 0 Å². The molecule has 9 nitrogen and oxygen atoms in total. The van der Waals surface area contributed by atoms with Crippen molar-refractivity contribution < 1.29 is 47.9 Å². The summed E-state index contributed by atoms with van der Waals surface area (Å²) in [5, 5.41) is 0. The van der Waals surface area contributed by atoms with E-state index in [2.05, 4.69) is 0 Å². The summed E-state index contributed by atoms with van der Waals surface area (Å²) >= 11 is 0. The molecule has 0 amide bonds. The van der Waals surface area contributed by atoms with Gasteiger partial charge in [-0.1, -0.05) is 0 Å². The molecule has 15 heteroatoms. The molecule has 0 aromatic heterocycles. The molecule has 0 saturated heterocycles. The van der Waals surface area contributed by atoms with Gasteiger partial charge in [-0.15, -0.1) is 0 Å². The molecule has 6 N–H and O–H groups in total. The van der Waals surface area contributed by atoms with E-state index in [9.17, 15) is 0 Å². The first kappa shape index (κ1) is 36.0. The van der Waals surface area contributed by atoms with E-state index in [1.807, 2.05) is 0 Å². The Bertz CT molecular complexity index is 135. The molecule has 0 atom stereocenters. The Morgan fingerprint density at radius 2 is 0.600 bits per heavy atom. The van der Waals surface area contributed by atoms with Gasteiger partial charge in [0.1, 0.15) is 0 Å². The van der Waals surface area contributed by atoms with Gasteiger partial charge < -0.3 is 34.5 Å². The number of hydrogen-bond donors (Lipinski definition) is 6. The third-order valence-electron chi connectivity index (χ3n) is 0. The minimum absolute atomic E-state index is 0. The number of rotatable bonds is 0. The summed E-state index contributed by atoms with van der Waals surface area (Å²) in [7, 11) is -9.39. The topological polar surface area (TPSA) is 173 Å². The second-order valence-electron chi connectivity index (χ2n) is 0.848. The molecular formula is H13AlCa2O9Si3. The van der Waals surface area contributed by atoms with Crippen LogP contribution < -0.4 is 0 Å². The Hall–Kier alpha value is 1.90. The molecule has 86 valence electrons. The van der Waals surface area contributed by atoms with E-state index in [-0.39, 0.29) is 98.5 Å².